The Morgan fingerprint density at radius 1 is 0.931 bits per heavy atom. The molecule has 29 heavy (non-hydrogen) atoms. The van der Waals surface area contributed by atoms with Crippen molar-refractivity contribution < 1.29 is 13.2 Å². The normalized spacial score (nSPS) is 11.2. The van der Waals surface area contributed by atoms with Crippen LogP contribution in [0.25, 0.3) is 0 Å². The smallest absolute Gasteiger partial charge is 0.264 e. The highest BCUT2D eigenvalue weighted by Crippen LogP contribution is 2.28. The molecular formula is C21H18Cl2N2O3S. The summed E-state index contributed by atoms with van der Waals surface area (Å²) in [7, 11) is -2.31. The molecule has 0 aliphatic heterocycles. The van der Waals surface area contributed by atoms with Gasteiger partial charge in [-0.1, -0.05) is 47.5 Å². The van der Waals surface area contributed by atoms with Crippen LogP contribution in [0.2, 0.25) is 10.0 Å². The molecule has 0 radical (unpaired) electrons. The standard InChI is InChI=1S/C21H18Cl2N2O3S/c1-14-8-9-15(12-19(14)22)24-21(26)18-11-10-16(13-20(18)23)25(2)29(27,28)17-6-4-3-5-7-17/h3-13H,1-2H3,(H,24,26). The minimum absolute atomic E-state index is 0.133. The molecule has 0 aliphatic rings. The summed E-state index contributed by atoms with van der Waals surface area (Å²) in [6, 6.07) is 17.7. The van der Waals surface area contributed by atoms with Crippen LogP contribution in [-0.2, 0) is 10.0 Å². The van der Waals surface area contributed by atoms with Gasteiger partial charge in [0.1, 0.15) is 0 Å². The summed E-state index contributed by atoms with van der Waals surface area (Å²) in [5, 5.41) is 3.40. The maximum atomic E-state index is 12.8. The molecule has 0 unspecified atom stereocenters. The summed E-state index contributed by atoms with van der Waals surface area (Å²) in [6.07, 6.45) is 0. The molecule has 5 nitrogen and oxygen atoms in total. The molecule has 0 fully saturated rings. The number of hydrogen-bond acceptors (Lipinski definition) is 3. The second kappa shape index (κ2) is 8.45. The van der Waals surface area contributed by atoms with Gasteiger partial charge in [-0.25, -0.2) is 8.42 Å². The number of carbonyl (C=O) groups is 1. The lowest BCUT2D eigenvalue weighted by Crippen LogP contribution is -2.26. The predicted octanol–water partition coefficient (Wildman–Crippen LogP) is 5.38. The number of sulfonamides is 1. The Bertz CT molecular complexity index is 1170. The average molecular weight is 449 g/mol. The number of rotatable bonds is 5. The largest absolute Gasteiger partial charge is 0.322 e. The number of nitrogens with one attached hydrogen (secondary N) is 1. The van der Waals surface area contributed by atoms with Crippen LogP contribution in [0.4, 0.5) is 11.4 Å². The maximum Gasteiger partial charge on any atom is 0.264 e. The van der Waals surface area contributed by atoms with Crippen LogP contribution < -0.4 is 9.62 Å². The molecular weight excluding hydrogens is 431 g/mol. The van der Waals surface area contributed by atoms with Crippen LogP contribution >= 0.6 is 23.2 Å². The number of hydrogen-bond donors (Lipinski definition) is 1. The zero-order chi connectivity index (χ0) is 21.2. The van der Waals surface area contributed by atoms with Gasteiger partial charge < -0.3 is 5.32 Å². The third-order valence-corrected chi connectivity index (χ3v) is 6.91. The molecule has 1 N–H and O–H groups in total. The Hall–Kier alpha value is -2.54. The SMILES string of the molecule is Cc1ccc(NC(=O)c2ccc(N(C)S(=O)(=O)c3ccccc3)cc2Cl)cc1Cl. The number of nitrogens with zero attached hydrogens (tertiary/aromatic N) is 1. The Morgan fingerprint density at radius 2 is 1.62 bits per heavy atom. The molecule has 0 aromatic heterocycles. The van der Waals surface area contributed by atoms with E-state index in [4.69, 9.17) is 23.2 Å². The second-order valence-corrected chi connectivity index (χ2v) is 9.15. The van der Waals surface area contributed by atoms with E-state index in [0.717, 1.165) is 9.87 Å². The van der Waals surface area contributed by atoms with Crippen LogP contribution in [-0.4, -0.2) is 21.4 Å². The van der Waals surface area contributed by atoms with Crippen LogP contribution in [0.15, 0.2) is 71.6 Å². The monoisotopic (exact) mass is 448 g/mol. The van der Waals surface area contributed by atoms with Gasteiger partial charge in [0, 0.05) is 17.8 Å². The van der Waals surface area contributed by atoms with E-state index in [1.54, 1.807) is 36.4 Å². The molecule has 1 amide bonds. The minimum Gasteiger partial charge on any atom is -0.322 e. The highest BCUT2D eigenvalue weighted by Gasteiger charge is 2.22. The van der Waals surface area contributed by atoms with Crippen molar-refractivity contribution in [2.24, 2.45) is 0 Å². The fraction of sp³-hybridized carbons (Fsp3) is 0.0952. The lowest BCUT2D eigenvalue weighted by molar-refractivity contribution is 0.102. The molecule has 0 spiro atoms. The lowest BCUT2D eigenvalue weighted by atomic mass is 10.1. The Balaban J connectivity index is 1.84. The lowest BCUT2D eigenvalue weighted by Gasteiger charge is -2.20. The van der Waals surface area contributed by atoms with Gasteiger partial charge in [-0.05, 0) is 55.0 Å². The quantitative estimate of drug-likeness (QED) is 0.569. The van der Waals surface area contributed by atoms with Gasteiger partial charge in [0.05, 0.1) is 21.2 Å². The van der Waals surface area contributed by atoms with Gasteiger partial charge in [-0.2, -0.15) is 0 Å². The summed E-state index contributed by atoms with van der Waals surface area (Å²) < 4.78 is 26.6. The topological polar surface area (TPSA) is 66.5 Å². The van der Waals surface area contributed by atoms with Gasteiger partial charge in [-0.3, -0.25) is 9.10 Å². The zero-order valence-electron chi connectivity index (χ0n) is 15.7. The van der Waals surface area contributed by atoms with Crippen molar-refractivity contribution in [3.63, 3.8) is 0 Å². The number of halogens is 2. The molecule has 150 valence electrons. The Kier molecular flexibility index (Phi) is 6.17. The van der Waals surface area contributed by atoms with E-state index in [0.29, 0.717) is 16.4 Å². The van der Waals surface area contributed by atoms with Crippen molar-refractivity contribution in [3.8, 4) is 0 Å². The second-order valence-electron chi connectivity index (χ2n) is 6.37. The molecule has 0 saturated carbocycles. The third kappa shape index (κ3) is 4.56. The number of carbonyl (C=O) groups excluding carboxylic acids is 1. The minimum atomic E-state index is -3.74. The van der Waals surface area contributed by atoms with E-state index >= 15 is 0 Å². The zero-order valence-corrected chi connectivity index (χ0v) is 18.0. The van der Waals surface area contributed by atoms with Gasteiger partial charge in [0.25, 0.3) is 15.9 Å². The van der Waals surface area contributed by atoms with Crippen LogP contribution in [0, 0.1) is 6.92 Å². The van der Waals surface area contributed by atoms with Crippen molar-refractivity contribution in [1.29, 1.82) is 0 Å². The van der Waals surface area contributed by atoms with E-state index in [1.807, 2.05) is 6.92 Å². The molecule has 0 saturated heterocycles. The summed E-state index contributed by atoms with van der Waals surface area (Å²) in [4.78, 5) is 12.7. The van der Waals surface area contributed by atoms with Gasteiger partial charge in [0.15, 0.2) is 0 Å². The van der Waals surface area contributed by atoms with E-state index in [1.165, 1.54) is 37.4 Å². The van der Waals surface area contributed by atoms with Crippen molar-refractivity contribution in [2.75, 3.05) is 16.7 Å². The fourth-order valence-corrected chi connectivity index (χ4v) is 4.29. The van der Waals surface area contributed by atoms with E-state index < -0.39 is 15.9 Å². The first kappa shape index (κ1) is 21.2. The molecule has 3 rings (SSSR count). The van der Waals surface area contributed by atoms with Crippen molar-refractivity contribution in [2.45, 2.75) is 11.8 Å². The first-order valence-corrected chi connectivity index (χ1v) is 10.8. The first-order chi connectivity index (χ1) is 13.7. The molecule has 3 aromatic rings. The Labute approximate surface area is 179 Å². The van der Waals surface area contributed by atoms with E-state index in [2.05, 4.69) is 5.32 Å². The maximum absolute atomic E-state index is 12.8. The number of benzene rings is 3. The summed E-state index contributed by atoms with van der Waals surface area (Å²) >= 11 is 12.4. The van der Waals surface area contributed by atoms with Gasteiger partial charge in [-0.15, -0.1) is 0 Å². The molecule has 0 atom stereocenters. The van der Waals surface area contributed by atoms with Crippen LogP contribution in [0.1, 0.15) is 15.9 Å². The molecule has 0 bridgehead atoms. The molecule has 8 heteroatoms. The number of amides is 1. The van der Waals surface area contributed by atoms with Gasteiger partial charge >= 0.3 is 0 Å². The van der Waals surface area contributed by atoms with Crippen LogP contribution in [0.5, 0.6) is 0 Å². The van der Waals surface area contributed by atoms with Gasteiger partial charge in [0.2, 0.25) is 0 Å². The molecule has 0 heterocycles. The van der Waals surface area contributed by atoms with Crippen molar-refractivity contribution >= 4 is 50.5 Å². The molecule has 3 aromatic carbocycles. The summed E-state index contributed by atoms with van der Waals surface area (Å²) in [5.41, 5.74) is 2.00. The van der Waals surface area contributed by atoms with E-state index in [-0.39, 0.29) is 15.5 Å². The summed E-state index contributed by atoms with van der Waals surface area (Å²) in [5.74, 6) is -0.421. The fourth-order valence-electron chi connectivity index (χ4n) is 2.64. The first-order valence-electron chi connectivity index (χ1n) is 8.61. The van der Waals surface area contributed by atoms with E-state index in [9.17, 15) is 13.2 Å². The van der Waals surface area contributed by atoms with Crippen molar-refractivity contribution in [3.05, 3.63) is 87.9 Å². The predicted molar refractivity (Wildman–Crippen MR) is 118 cm³/mol. The summed E-state index contributed by atoms with van der Waals surface area (Å²) in [6.45, 7) is 1.86. The van der Waals surface area contributed by atoms with Crippen LogP contribution in [0.3, 0.4) is 0 Å². The Morgan fingerprint density at radius 3 is 2.24 bits per heavy atom. The molecule has 0 aliphatic carbocycles. The average Bonchev–Trinajstić information content (AvgIpc) is 2.70. The highest BCUT2D eigenvalue weighted by atomic mass is 35.5. The third-order valence-electron chi connectivity index (χ3n) is 4.39. The number of anilines is 2. The highest BCUT2D eigenvalue weighted by molar-refractivity contribution is 7.92. The van der Waals surface area contributed by atoms with Crippen molar-refractivity contribution in [1.82, 2.24) is 0 Å². The number of aryl methyl sites for hydroxylation is 1.